The van der Waals surface area contributed by atoms with Gasteiger partial charge in [-0.05, 0) is 82.3 Å². The average molecular weight is 618 g/mol. The SMILES string of the molecule is Cc1cnc2n1-c1cc(Br)c(Br)cc1C(c1ccccc1)=C[C@H]2CCC(=O)OCOC(=O)OC(C)C. The molecule has 0 aliphatic carbocycles. The van der Waals surface area contributed by atoms with Crippen LogP contribution >= 0.6 is 31.9 Å². The number of allylic oxidation sites excluding steroid dienone is 1. The van der Waals surface area contributed by atoms with Crippen LogP contribution in [0, 0.1) is 6.92 Å². The third-order valence-electron chi connectivity index (χ3n) is 5.71. The zero-order chi connectivity index (χ0) is 25.8. The Morgan fingerprint density at radius 3 is 2.53 bits per heavy atom. The highest BCUT2D eigenvalue weighted by atomic mass is 79.9. The highest BCUT2D eigenvalue weighted by molar-refractivity contribution is 9.13. The van der Waals surface area contributed by atoms with Gasteiger partial charge in [0.05, 0.1) is 11.8 Å². The van der Waals surface area contributed by atoms with Crippen LogP contribution < -0.4 is 0 Å². The minimum absolute atomic E-state index is 0.126. The number of nitrogens with zero attached hydrogens (tertiary/aromatic N) is 2. The molecule has 188 valence electrons. The summed E-state index contributed by atoms with van der Waals surface area (Å²) in [6, 6.07) is 14.3. The van der Waals surface area contributed by atoms with Crippen molar-refractivity contribution >= 4 is 49.6 Å². The van der Waals surface area contributed by atoms with Crippen LogP contribution in [-0.2, 0) is 19.0 Å². The van der Waals surface area contributed by atoms with Crippen molar-refractivity contribution < 1.29 is 23.8 Å². The van der Waals surface area contributed by atoms with Gasteiger partial charge in [0.15, 0.2) is 0 Å². The van der Waals surface area contributed by atoms with Crippen LogP contribution in [0.3, 0.4) is 0 Å². The van der Waals surface area contributed by atoms with Gasteiger partial charge in [-0.15, -0.1) is 0 Å². The average Bonchev–Trinajstić information content (AvgIpc) is 3.16. The molecule has 36 heavy (non-hydrogen) atoms. The van der Waals surface area contributed by atoms with Crippen molar-refractivity contribution in [3.63, 3.8) is 0 Å². The van der Waals surface area contributed by atoms with Gasteiger partial charge in [0.1, 0.15) is 5.82 Å². The maximum atomic E-state index is 12.4. The van der Waals surface area contributed by atoms with Crippen molar-refractivity contribution in [3.8, 4) is 5.69 Å². The molecule has 0 radical (unpaired) electrons. The maximum Gasteiger partial charge on any atom is 0.511 e. The van der Waals surface area contributed by atoms with Crippen LogP contribution in [0.1, 0.15) is 55.3 Å². The van der Waals surface area contributed by atoms with E-state index >= 15 is 0 Å². The fourth-order valence-corrected chi connectivity index (χ4v) is 4.81. The first-order valence-electron chi connectivity index (χ1n) is 11.5. The highest BCUT2D eigenvalue weighted by Gasteiger charge is 2.27. The summed E-state index contributed by atoms with van der Waals surface area (Å²) in [6.45, 7) is 4.95. The fraction of sp³-hybridized carbons (Fsp3) is 0.296. The van der Waals surface area contributed by atoms with E-state index < -0.39 is 18.9 Å². The molecule has 0 saturated heterocycles. The molecule has 1 aromatic heterocycles. The highest BCUT2D eigenvalue weighted by Crippen LogP contribution is 2.41. The summed E-state index contributed by atoms with van der Waals surface area (Å²) in [5.74, 6) is 0.223. The molecule has 0 unspecified atom stereocenters. The predicted molar refractivity (Wildman–Crippen MR) is 143 cm³/mol. The van der Waals surface area contributed by atoms with E-state index in [0.717, 1.165) is 42.9 Å². The summed E-state index contributed by atoms with van der Waals surface area (Å²) in [5, 5.41) is 0. The predicted octanol–water partition coefficient (Wildman–Crippen LogP) is 7.08. The number of imidazole rings is 1. The lowest BCUT2D eigenvalue weighted by Crippen LogP contribution is -2.17. The second-order valence-corrected chi connectivity index (χ2v) is 10.4. The molecule has 0 saturated carbocycles. The first-order valence-corrected chi connectivity index (χ1v) is 13.1. The van der Waals surface area contributed by atoms with E-state index in [9.17, 15) is 9.59 Å². The molecule has 4 rings (SSSR count). The quantitative estimate of drug-likeness (QED) is 0.208. The molecule has 1 aliphatic heterocycles. The van der Waals surface area contributed by atoms with Crippen molar-refractivity contribution in [3.05, 3.63) is 86.3 Å². The standard InChI is InChI=1S/C27H26Br2N2O5/c1-16(2)36-27(33)35-15-34-25(32)10-9-19-11-20(18-7-5-4-6-8-18)21-12-22(28)23(29)13-24(21)31-17(3)14-30-26(19)31/h4-8,11-14,16,19H,9-10,15H2,1-3H3/t19-/m1/s1. The number of ether oxygens (including phenoxy) is 3. The van der Waals surface area contributed by atoms with Gasteiger partial charge in [-0.25, -0.2) is 9.78 Å². The van der Waals surface area contributed by atoms with Crippen molar-refractivity contribution in [2.45, 2.75) is 45.6 Å². The Labute approximate surface area is 226 Å². The Hall–Kier alpha value is -2.91. The van der Waals surface area contributed by atoms with E-state index in [0.29, 0.717) is 6.42 Å². The lowest BCUT2D eigenvalue weighted by Gasteiger charge is -2.16. The van der Waals surface area contributed by atoms with Gasteiger partial charge in [0, 0.05) is 38.7 Å². The number of halogens is 2. The number of hydrogen-bond donors (Lipinski definition) is 0. The van der Waals surface area contributed by atoms with Gasteiger partial charge < -0.3 is 14.2 Å². The number of aryl methyl sites for hydroxylation is 1. The van der Waals surface area contributed by atoms with E-state index in [1.165, 1.54) is 0 Å². The second-order valence-electron chi connectivity index (χ2n) is 8.66. The summed E-state index contributed by atoms with van der Waals surface area (Å²) in [7, 11) is 0. The first kappa shape index (κ1) is 26.2. The lowest BCUT2D eigenvalue weighted by molar-refractivity contribution is -0.153. The Morgan fingerprint density at radius 1 is 1.08 bits per heavy atom. The van der Waals surface area contributed by atoms with E-state index in [4.69, 9.17) is 19.2 Å². The Morgan fingerprint density at radius 2 is 1.81 bits per heavy atom. The van der Waals surface area contributed by atoms with Crippen LogP contribution in [0.15, 0.2) is 63.7 Å². The van der Waals surface area contributed by atoms with Crippen molar-refractivity contribution in [1.82, 2.24) is 9.55 Å². The topological polar surface area (TPSA) is 79.7 Å². The molecular weight excluding hydrogens is 592 g/mol. The molecule has 1 atom stereocenters. The molecule has 1 aliphatic rings. The van der Waals surface area contributed by atoms with Gasteiger partial charge >= 0.3 is 12.1 Å². The normalized spacial score (nSPS) is 14.4. The van der Waals surface area contributed by atoms with E-state index in [2.05, 4.69) is 66.8 Å². The molecule has 2 aromatic carbocycles. The number of carbonyl (C=O) groups is 2. The van der Waals surface area contributed by atoms with Crippen molar-refractivity contribution in [2.24, 2.45) is 0 Å². The summed E-state index contributed by atoms with van der Waals surface area (Å²) in [4.78, 5) is 28.6. The van der Waals surface area contributed by atoms with Crippen LogP contribution in [0.5, 0.6) is 0 Å². The smallest absolute Gasteiger partial charge is 0.431 e. The lowest BCUT2D eigenvalue weighted by atomic mass is 9.92. The van der Waals surface area contributed by atoms with Crippen LogP contribution in [0.2, 0.25) is 0 Å². The van der Waals surface area contributed by atoms with E-state index in [1.54, 1.807) is 13.8 Å². The van der Waals surface area contributed by atoms with Crippen molar-refractivity contribution in [1.29, 1.82) is 0 Å². The third-order valence-corrected chi connectivity index (χ3v) is 7.55. The molecule has 0 spiro atoms. The molecule has 2 heterocycles. The molecule has 9 heteroatoms. The zero-order valence-electron chi connectivity index (χ0n) is 20.2. The molecule has 0 fully saturated rings. The number of rotatable bonds is 7. The molecule has 0 amide bonds. The van der Waals surface area contributed by atoms with Gasteiger partial charge in [-0.2, -0.15) is 0 Å². The van der Waals surface area contributed by atoms with Crippen LogP contribution in [0.25, 0.3) is 11.3 Å². The second kappa shape index (κ2) is 11.4. The van der Waals surface area contributed by atoms with Gasteiger partial charge in [0.25, 0.3) is 0 Å². The number of hydrogen-bond acceptors (Lipinski definition) is 6. The van der Waals surface area contributed by atoms with Crippen molar-refractivity contribution in [2.75, 3.05) is 6.79 Å². The van der Waals surface area contributed by atoms with Gasteiger partial charge in [0.2, 0.25) is 6.79 Å². The number of carbonyl (C=O) groups excluding carboxylic acids is 2. The van der Waals surface area contributed by atoms with Crippen LogP contribution in [0.4, 0.5) is 4.79 Å². The Balaban J connectivity index is 1.62. The van der Waals surface area contributed by atoms with E-state index in [1.807, 2.05) is 31.3 Å². The number of aromatic nitrogens is 2. The maximum absolute atomic E-state index is 12.4. The summed E-state index contributed by atoms with van der Waals surface area (Å²) in [5.41, 5.74) is 5.18. The summed E-state index contributed by atoms with van der Waals surface area (Å²) >= 11 is 7.30. The number of benzene rings is 2. The summed E-state index contributed by atoms with van der Waals surface area (Å²) in [6.07, 6.45) is 3.43. The third kappa shape index (κ3) is 5.90. The number of fused-ring (bicyclic) bond motifs is 3. The zero-order valence-corrected chi connectivity index (χ0v) is 23.3. The summed E-state index contributed by atoms with van der Waals surface area (Å²) < 4.78 is 18.8. The minimum Gasteiger partial charge on any atom is -0.431 e. The first-order chi connectivity index (χ1) is 17.2. The van der Waals surface area contributed by atoms with Gasteiger partial charge in [-0.1, -0.05) is 36.4 Å². The largest absolute Gasteiger partial charge is 0.511 e. The molecular formula is C27H26Br2N2O5. The van der Waals surface area contributed by atoms with Gasteiger partial charge in [-0.3, -0.25) is 9.36 Å². The molecule has 3 aromatic rings. The Kier molecular flexibility index (Phi) is 8.31. The van der Waals surface area contributed by atoms with Crippen LogP contribution in [-0.4, -0.2) is 34.6 Å². The molecule has 0 N–H and O–H groups in total. The molecule has 7 nitrogen and oxygen atoms in total. The number of esters is 1. The van der Waals surface area contributed by atoms with E-state index in [-0.39, 0.29) is 18.4 Å². The minimum atomic E-state index is -0.871. The molecule has 0 bridgehead atoms. The Bertz CT molecular complexity index is 1300. The monoisotopic (exact) mass is 616 g/mol. The fourth-order valence-electron chi connectivity index (χ4n) is 4.13.